The number of methoxy groups -OCH3 is 2. The first-order valence-corrected chi connectivity index (χ1v) is 18.3. The number of likely N-dealkylation sites (tertiary alicyclic amines) is 1. The molecule has 0 aliphatic carbocycles. The Labute approximate surface area is 310 Å². The molecule has 2 aromatic rings. The molecule has 0 bridgehead atoms. The van der Waals surface area contributed by atoms with E-state index in [1.165, 1.54) is 11.2 Å². The number of anilines is 1. The van der Waals surface area contributed by atoms with Crippen LogP contribution in [0, 0.1) is 17.2 Å². The molecular formula is C37H52FN7O8. The Morgan fingerprint density at radius 1 is 1.09 bits per heavy atom. The molecule has 1 aromatic carbocycles. The largest absolute Gasteiger partial charge is 0.430 e. The maximum absolute atomic E-state index is 15.6. The van der Waals surface area contributed by atoms with Crippen LogP contribution in [0.25, 0.3) is 0 Å². The number of benzene rings is 1. The van der Waals surface area contributed by atoms with Crippen molar-refractivity contribution in [2.75, 3.05) is 71.5 Å². The van der Waals surface area contributed by atoms with Gasteiger partial charge in [0.2, 0.25) is 11.5 Å². The van der Waals surface area contributed by atoms with Gasteiger partial charge in [0.15, 0.2) is 17.4 Å². The van der Waals surface area contributed by atoms with E-state index in [1.54, 1.807) is 21.1 Å². The number of nitrogens with zero attached hydrogens (tertiary/aromatic N) is 6. The molecule has 1 aromatic heterocycles. The van der Waals surface area contributed by atoms with E-state index in [-0.39, 0.29) is 34.8 Å². The van der Waals surface area contributed by atoms with E-state index in [2.05, 4.69) is 44.1 Å². The molecule has 2 atom stereocenters. The zero-order valence-electron chi connectivity index (χ0n) is 31.7. The summed E-state index contributed by atoms with van der Waals surface area (Å²) in [6, 6.07) is 1.10. The van der Waals surface area contributed by atoms with Crippen molar-refractivity contribution in [2.45, 2.75) is 72.1 Å². The number of halogens is 1. The van der Waals surface area contributed by atoms with Gasteiger partial charge in [0, 0.05) is 83.1 Å². The molecule has 3 aliphatic rings. The SMILES string of the molecule is CCN(C(=O)c1cc(F)c2c(c1Oc1nncnc1N1CCC3(C1)CN([C@H](CCCNC[C@H](COC)OC)C(C)C)C3)OC(=O)/C=C/C(=O)O2)C(C)C. The molecule has 290 valence electrons. The van der Waals surface area contributed by atoms with E-state index in [9.17, 15) is 14.4 Å². The lowest BCUT2D eigenvalue weighted by atomic mass is 9.76. The van der Waals surface area contributed by atoms with Crippen molar-refractivity contribution in [3.05, 3.63) is 35.9 Å². The van der Waals surface area contributed by atoms with Crippen molar-refractivity contribution in [1.29, 1.82) is 0 Å². The van der Waals surface area contributed by atoms with Gasteiger partial charge in [0.05, 0.1) is 18.3 Å². The minimum absolute atomic E-state index is 0.0307. The molecule has 0 saturated carbocycles. The van der Waals surface area contributed by atoms with Crippen LogP contribution in [0.4, 0.5) is 10.2 Å². The summed E-state index contributed by atoms with van der Waals surface area (Å²) in [5.74, 6) is -4.49. The fourth-order valence-electron chi connectivity index (χ4n) is 7.44. The molecule has 4 heterocycles. The molecule has 3 aliphatic heterocycles. The number of nitrogens with one attached hydrogen (secondary N) is 1. The van der Waals surface area contributed by atoms with Crippen molar-refractivity contribution in [2.24, 2.45) is 11.3 Å². The fraction of sp³-hybridized carbons (Fsp3) is 0.622. The summed E-state index contributed by atoms with van der Waals surface area (Å²) in [5, 5.41) is 11.6. The zero-order chi connectivity index (χ0) is 38.3. The van der Waals surface area contributed by atoms with Gasteiger partial charge in [0.1, 0.15) is 6.33 Å². The van der Waals surface area contributed by atoms with Crippen LogP contribution in [0.1, 0.15) is 64.2 Å². The van der Waals surface area contributed by atoms with E-state index >= 15 is 4.39 Å². The number of aromatic nitrogens is 3. The molecule has 1 spiro atoms. The van der Waals surface area contributed by atoms with Gasteiger partial charge in [0.25, 0.3) is 11.8 Å². The highest BCUT2D eigenvalue weighted by molar-refractivity contribution is 6.01. The van der Waals surface area contributed by atoms with Crippen molar-refractivity contribution in [3.8, 4) is 23.1 Å². The molecule has 53 heavy (non-hydrogen) atoms. The molecule has 0 unspecified atom stereocenters. The first kappa shape index (κ1) is 39.9. The Morgan fingerprint density at radius 2 is 1.81 bits per heavy atom. The van der Waals surface area contributed by atoms with Crippen molar-refractivity contribution in [3.63, 3.8) is 0 Å². The van der Waals surface area contributed by atoms with E-state index in [0.29, 0.717) is 44.0 Å². The number of carbonyl (C=O) groups is 3. The van der Waals surface area contributed by atoms with E-state index in [0.717, 1.165) is 63.7 Å². The van der Waals surface area contributed by atoms with Crippen molar-refractivity contribution in [1.82, 2.24) is 30.3 Å². The molecule has 1 N–H and O–H groups in total. The van der Waals surface area contributed by atoms with Crippen LogP contribution in [-0.2, 0) is 19.1 Å². The summed E-state index contributed by atoms with van der Waals surface area (Å²) in [6.45, 7) is 15.7. The van der Waals surface area contributed by atoms with E-state index in [4.69, 9.17) is 23.7 Å². The van der Waals surface area contributed by atoms with Gasteiger partial charge >= 0.3 is 11.9 Å². The Kier molecular flexibility index (Phi) is 13.4. The maximum atomic E-state index is 15.6. The number of hydrogen-bond acceptors (Lipinski definition) is 14. The van der Waals surface area contributed by atoms with Crippen LogP contribution in [-0.4, -0.2) is 128 Å². The van der Waals surface area contributed by atoms with Crippen molar-refractivity contribution >= 4 is 23.7 Å². The molecule has 0 radical (unpaired) electrons. The number of hydrogen-bond donors (Lipinski definition) is 1. The van der Waals surface area contributed by atoms with Gasteiger partial charge in [-0.05, 0) is 58.6 Å². The van der Waals surface area contributed by atoms with E-state index < -0.39 is 35.2 Å². The summed E-state index contributed by atoms with van der Waals surface area (Å²) < 4.78 is 43.1. The van der Waals surface area contributed by atoms with Gasteiger partial charge in [-0.15, -0.1) is 10.2 Å². The molecular weight excluding hydrogens is 689 g/mol. The first-order valence-electron chi connectivity index (χ1n) is 18.3. The third-order valence-electron chi connectivity index (χ3n) is 10.1. The molecule has 1 amide bonds. The van der Waals surface area contributed by atoms with Crippen LogP contribution >= 0.6 is 0 Å². The lowest BCUT2D eigenvalue weighted by Crippen LogP contribution is -2.62. The number of fused-ring (bicyclic) bond motifs is 1. The Balaban J connectivity index is 1.34. The highest BCUT2D eigenvalue weighted by Crippen LogP contribution is 2.48. The van der Waals surface area contributed by atoms with Gasteiger partial charge in [-0.2, -0.15) is 0 Å². The number of ether oxygens (including phenoxy) is 5. The normalized spacial score (nSPS) is 18.6. The van der Waals surface area contributed by atoms with Crippen LogP contribution < -0.4 is 24.4 Å². The number of carbonyl (C=O) groups excluding carboxylic acids is 3. The summed E-state index contributed by atoms with van der Waals surface area (Å²) in [5.41, 5.74) is -0.210. The molecule has 2 saturated heterocycles. The fourth-order valence-corrected chi connectivity index (χ4v) is 7.44. The summed E-state index contributed by atoms with van der Waals surface area (Å²) in [4.78, 5) is 49.5. The Morgan fingerprint density at radius 3 is 2.45 bits per heavy atom. The van der Waals surface area contributed by atoms with Crippen molar-refractivity contribution < 1.29 is 42.5 Å². The minimum Gasteiger partial charge on any atom is -0.430 e. The first-order chi connectivity index (χ1) is 25.4. The monoisotopic (exact) mass is 741 g/mol. The number of amides is 1. The van der Waals surface area contributed by atoms with Gasteiger partial charge in [-0.1, -0.05) is 13.8 Å². The van der Waals surface area contributed by atoms with Crippen LogP contribution in [0.5, 0.6) is 23.1 Å². The second kappa shape index (κ2) is 17.7. The Hall–Kier alpha value is -4.25. The molecule has 5 rings (SSSR count). The summed E-state index contributed by atoms with van der Waals surface area (Å²) in [7, 11) is 3.37. The van der Waals surface area contributed by atoms with Crippen LogP contribution in [0.2, 0.25) is 0 Å². The summed E-state index contributed by atoms with van der Waals surface area (Å²) in [6.07, 6.45) is 6.04. The third-order valence-corrected chi connectivity index (χ3v) is 10.1. The lowest BCUT2D eigenvalue weighted by molar-refractivity contribution is -0.133. The maximum Gasteiger partial charge on any atom is 0.336 e. The number of esters is 2. The highest BCUT2D eigenvalue weighted by Gasteiger charge is 2.50. The van der Waals surface area contributed by atoms with Gasteiger partial charge < -0.3 is 38.8 Å². The van der Waals surface area contributed by atoms with E-state index in [1.807, 2.05) is 13.8 Å². The van der Waals surface area contributed by atoms with Crippen LogP contribution in [0.3, 0.4) is 0 Å². The average Bonchev–Trinajstić information content (AvgIpc) is 3.55. The summed E-state index contributed by atoms with van der Waals surface area (Å²) >= 11 is 0. The lowest BCUT2D eigenvalue weighted by Gasteiger charge is -2.53. The smallest absolute Gasteiger partial charge is 0.336 e. The Bertz CT molecular complexity index is 1650. The third kappa shape index (κ3) is 9.28. The van der Waals surface area contributed by atoms with Gasteiger partial charge in [-0.25, -0.2) is 19.0 Å². The predicted octanol–water partition coefficient (Wildman–Crippen LogP) is 3.62. The second-order valence-electron chi connectivity index (χ2n) is 14.5. The second-order valence-corrected chi connectivity index (χ2v) is 14.5. The quantitative estimate of drug-likeness (QED) is 0.142. The minimum atomic E-state index is -1.08. The molecule has 15 nitrogen and oxygen atoms in total. The predicted molar refractivity (Wildman–Crippen MR) is 193 cm³/mol. The average molecular weight is 742 g/mol. The zero-order valence-corrected chi connectivity index (χ0v) is 31.7. The topological polar surface area (TPSA) is 158 Å². The standard InChI is InChI=1S/C37H52FN7O8/c1-8-45(24(4)5)36(48)26-16-27(38)32-33(52-30(47)12-11-29(46)51-32)31(26)53-35-34(40-22-41-42-35)43-15-13-37(19-43)20-44(21-37)28(23(2)3)10-9-14-39-17-25(50-7)18-49-6/h11-12,16,22-25,28,39H,8-10,13-15,17-21H2,1-7H3/b12-11+/t25-,28-/m1/s1. The molecule has 2 fully saturated rings. The van der Waals surface area contributed by atoms with Crippen LogP contribution in [0.15, 0.2) is 24.5 Å². The van der Waals surface area contributed by atoms with Gasteiger partial charge in [-0.3, -0.25) is 9.69 Å². The number of rotatable bonds is 17. The highest BCUT2D eigenvalue weighted by atomic mass is 19.1. The molecule has 16 heteroatoms.